The molecule has 0 radical (unpaired) electrons. The summed E-state index contributed by atoms with van der Waals surface area (Å²) in [6.45, 7) is 1.000. The predicted octanol–water partition coefficient (Wildman–Crippen LogP) is 3.39. The first kappa shape index (κ1) is 21.6. The van der Waals surface area contributed by atoms with E-state index in [1.807, 2.05) is 0 Å². The van der Waals surface area contributed by atoms with E-state index >= 15 is 0 Å². The van der Waals surface area contributed by atoms with Gasteiger partial charge >= 0.3 is 0 Å². The van der Waals surface area contributed by atoms with Crippen LogP contribution in [0.15, 0.2) is 52.4 Å². The molecule has 4 rings (SSSR count). The molecule has 2 aromatic carbocycles. The second-order valence-electron chi connectivity index (χ2n) is 7.19. The van der Waals surface area contributed by atoms with Crippen molar-refractivity contribution in [3.63, 3.8) is 0 Å². The molecule has 11 heteroatoms. The molecule has 1 amide bonds. The van der Waals surface area contributed by atoms with Crippen molar-refractivity contribution < 1.29 is 26.4 Å². The number of fused-ring (bicyclic) bond motifs is 1. The van der Waals surface area contributed by atoms with Gasteiger partial charge in [0.1, 0.15) is 23.1 Å². The Bertz CT molecular complexity index is 1450. The van der Waals surface area contributed by atoms with E-state index in [0.717, 1.165) is 0 Å². The van der Waals surface area contributed by atoms with E-state index in [0.29, 0.717) is 28.7 Å². The fourth-order valence-electron chi connectivity index (χ4n) is 3.38. The van der Waals surface area contributed by atoms with E-state index in [1.165, 1.54) is 36.0 Å². The van der Waals surface area contributed by atoms with Crippen molar-refractivity contribution in [2.24, 2.45) is 7.05 Å². The van der Waals surface area contributed by atoms with Gasteiger partial charge in [-0.25, -0.2) is 21.6 Å². The van der Waals surface area contributed by atoms with Crippen molar-refractivity contribution in [2.75, 3.05) is 0 Å². The molecule has 2 heterocycles. The molecule has 2 N–H and O–H groups in total. The molecule has 4 aromatic rings. The maximum atomic E-state index is 13.8. The van der Waals surface area contributed by atoms with Gasteiger partial charge in [-0.2, -0.15) is 5.10 Å². The number of halogens is 3. The number of H-pyrrole nitrogens is 1. The first-order valence-corrected chi connectivity index (χ1v) is 10.8. The minimum absolute atomic E-state index is 0.0200. The summed E-state index contributed by atoms with van der Waals surface area (Å²) >= 11 is 0. The van der Waals surface area contributed by atoms with Crippen LogP contribution >= 0.6 is 0 Å². The van der Waals surface area contributed by atoms with Gasteiger partial charge in [0.15, 0.2) is 0 Å². The van der Waals surface area contributed by atoms with Gasteiger partial charge < -0.3 is 9.88 Å². The lowest BCUT2D eigenvalue weighted by Crippen LogP contribution is -2.26. The molecule has 0 saturated carbocycles. The standard InChI is InChI=1S/C21H17F3N4O3S/c1-11-20(32(30,31)14-3-4-18-12(5-14)9-26-27-18)8-19(28(11)2)21(29)25-10-15-16(23)6-13(22)7-17(15)24/h3-9H,10H2,1-2H3,(H,25,29)(H,26,27). The molecule has 0 saturated heterocycles. The van der Waals surface area contributed by atoms with E-state index in [-0.39, 0.29) is 15.5 Å². The highest BCUT2D eigenvalue weighted by atomic mass is 32.2. The molecular weight excluding hydrogens is 445 g/mol. The molecule has 0 bridgehead atoms. The normalized spacial score (nSPS) is 11.8. The Morgan fingerprint density at radius 2 is 1.81 bits per heavy atom. The topological polar surface area (TPSA) is 96.8 Å². The molecule has 0 atom stereocenters. The average Bonchev–Trinajstić information content (AvgIpc) is 3.31. The highest BCUT2D eigenvalue weighted by molar-refractivity contribution is 7.91. The molecule has 32 heavy (non-hydrogen) atoms. The minimum Gasteiger partial charge on any atom is -0.346 e. The van der Waals surface area contributed by atoms with Gasteiger partial charge in [0, 0.05) is 42.4 Å². The summed E-state index contributed by atoms with van der Waals surface area (Å²) in [6.07, 6.45) is 1.50. The maximum Gasteiger partial charge on any atom is 0.268 e. The zero-order valence-electron chi connectivity index (χ0n) is 16.9. The van der Waals surface area contributed by atoms with Crippen LogP contribution in [-0.2, 0) is 23.4 Å². The number of sulfone groups is 1. The molecular formula is C21H17F3N4O3S. The van der Waals surface area contributed by atoms with Crippen LogP contribution in [0.3, 0.4) is 0 Å². The number of carbonyl (C=O) groups is 1. The van der Waals surface area contributed by atoms with E-state index in [1.54, 1.807) is 13.0 Å². The average molecular weight is 462 g/mol. The monoisotopic (exact) mass is 462 g/mol. The van der Waals surface area contributed by atoms with Gasteiger partial charge in [-0.05, 0) is 31.2 Å². The lowest BCUT2D eigenvalue weighted by Gasteiger charge is -2.09. The van der Waals surface area contributed by atoms with Gasteiger partial charge in [-0.1, -0.05) is 0 Å². The Labute approximate surface area is 180 Å². The van der Waals surface area contributed by atoms with Crippen molar-refractivity contribution in [3.05, 3.63) is 77.0 Å². The quantitative estimate of drug-likeness (QED) is 0.475. The van der Waals surface area contributed by atoms with Gasteiger partial charge in [0.25, 0.3) is 5.91 Å². The summed E-state index contributed by atoms with van der Waals surface area (Å²) in [6, 6.07) is 6.73. The smallest absolute Gasteiger partial charge is 0.268 e. The van der Waals surface area contributed by atoms with Crippen LogP contribution in [0.25, 0.3) is 10.9 Å². The first-order chi connectivity index (χ1) is 15.1. The van der Waals surface area contributed by atoms with Crippen molar-refractivity contribution in [3.8, 4) is 0 Å². The van der Waals surface area contributed by atoms with Crippen LogP contribution in [0.2, 0.25) is 0 Å². The van der Waals surface area contributed by atoms with Crippen molar-refractivity contribution in [1.82, 2.24) is 20.1 Å². The maximum absolute atomic E-state index is 13.8. The predicted molar refractivity (Wildman–Crippen MR) is 109 cm³/mol. The molecule has 0 spiro atoms. The van der Waals surface area contributed by atoms with E-state index in [9.17, 15) is 26.4 Å². The largest absolute Gasteiger partial charge is 0.346 e. The Morgan fingerprint density at radius 1 is 1.12 bits per heavy atom. The highest BCUT2D eigenvalue weighted by Crippen LogP contribution is 2.28. The molecule has 0 unspecified atom stereocenters. The number of aromatic amines is 1. The van der Waals surface area contributed by atoms with Crippen LogP contribution in [-0.4, -0.2) is 29.1 Å². The zero-order valence-corrected chi connectivity index (χ0v) is 17.7. The molecule has 7 nitrogen and oxygen atoms in total. The summed E-state index contributed by atoms with van der Waals surface area (Å²) in [4.78, 5) is 12.6. The second-order valence-corrected chi connectivity index (χ2v) is 9.11. The third-order valence-electron chi connectivity index (χ3n) is 5.26. The van der Waals surface area contributed by atoms with Crippen LogP contribution < -0.4 is 5.32 Å². The Kier molecular flexibility index (Phi) is 5.29. The number of rotatable bonds is 5. The Morgan fingerprint density at radius 3 is 2.50 bits per heavy atom. The first-order valence-electron chi connectivity index (χ1n) is 9.35. The van der Waals surface area contributed by atoms with Crippen LogP contribution in [0.4, 0.5) is 13.2 Å². The van der Waals surface area contributed by atoms with Crippen LogP contribution in [0, 0.1) is 24.4 Å². The minimum atomic E-state index is -3.96. The number of carbonyl (C=O) groups excluding carboxylic acids is 1. The fourth-order valence-corrected chi connectivity index (χ4v) is 4.95. The summed E-state index contributed by atoms with van der Waals surface area (Å²) in [5.74, 6) is -4.09. The third-order valence-corrected chi connectivity index (χ3v) is 7.13. The molecule has 0 aliphatic heterocycles. The van der Waals surface area contributed by atoms with Gasteiger partial charge in [0.05, 0.1) is 21.5 Å². The van der Waals surface area contributed by atoms with Gasteiger partial charge in [-0.15, -0.1) is 0 Å². The second kappa shape index (κ2) is 7.83. The summed E-state index contributed by atoms with van der Waals surface area (Å²) in [5, 5.41) is 9.56. The molecule has 2 aromatic heterocycles. The number of nitrogens with one attached hydrogen (secondary N) is 2. The number of benzene rings is 2. The molecule has 0 aliphatic carbocycles. The highest BCUT2D eigenvalue weighted by Gasteiger charge is 2.26. The number of aromatic nitrogens is 3. The summed E-state index contributed by atoms with van der Waals surface area (Å²) < 4.78 is 68.5. The third kappa shape index (κ3) is 3.64. The SMILES string of the molecule is Cc1c(S(=O)(=O)c2ccc3[nH]ncc3c2)cc(C(=O)NCc2c(F)cc(F)cc2F)n1C. The lowest BCUT2D eigenvalue weighted by molar-refractivity contribution is 0.0942. The van der Waals surface area contributed by atoms with E-state index < -0.39 is 45.3 Å². The van der Waals surface area contributed by atoms with Gasteiger partial charge in [-0.3, -0.25) is 9.89 Å². The van der Waals surface area contributed by atoms with Crippen molar-refractivity contribution in [2.45, 2.75) is 23.3 Å². The molecule has 0 fully saturated rings. The number of hydrogen-bond donors (Lipinski definition) is 2. The van der Waals surface area contributed by atoms with Crippen LogP contribution in [0.5, 0.6) is 0 Å². The van der Waals surface area contributed by atoms with Crippen LogP contribution in [0.1, 0.15) is 21.7 Å². The van der Waals surface area contributed by atoms with E-state index in [4.69, 9.17) is 0 Å². The molecule has 0 aliphatic rings. The zero-order chi connectivity index (χ0) is 23.2. The number of amides is 1. The summed E-state index contributed by atoms with van der Waals surface area (Å²) in [7, 11) is -2.46. The lowest BCUT2D eigenvalue weighted by atomic mass is 10.2. The van der Waals surface area contributed by atoms with Gasteiger partial charge in [0.2, 0.25) is 9.84 Å². The van der Waals surface area contributed by atoms with Crippen molar-refractivity contribution >= 4 is 26.6 Å². The Hall–Kier alpha value is -3.60. The number of hydrogen-bond acceptors (Lipinski definition) is 4. The van der Waals surface area contributed by atoms with E-state index in [2.05, 4.69) is 15.5 Å². The fraction of sp³-hybridized carbons (Fsp3) is 0.143. The number of nitrogens with zero attached hydrogens (tertiary/aromatic N) is 2. The Balaban J connectivity index is 1.64. The summed E-state index contributed by atoms with van der Waals surface area (Å²) in [5.41, 5.74) is 0.455. The van der Waals surface area contributed by atoms with Crippen molar-refractivity contribution in [1.29, 1.82) is 0 Å². The molecule has 166 valence electrons.